The fraction of sp³-hybridized carbons (Fsp3) is 0.350. The summed E-state index contributed by atoms with van der Waals surface area (Å²) >= 11 is 0. The number of esters is 1. The van der Waals surface area contributed by atoms with E-state index in [0.717, 1.165) is 11.3 Å². The van der Waals surface area contributed by atoms with Crippen LogP contribution in [0.4, 0.5) is 0 Å². The highest BCUT2D eigenvalue weighted by Gasteiger charge is 2.15. The Kier molecular flexibility index (Phi) is 6.72. The number of carbonyl (C=O) groups excluding carboxylic acids is 2. The largest absolute Gasteiger partial charge is 0.491 e. The molecule has 0 saturated heterocycles. The van der Waals surface area contributed by atoms with Crippen molar-refractivity contribution in [2.75, 3.05) is 6.61 Å². The molecule has 0 spiro atoms. The van der Waals surface area contributed by atoms with Crippen molar-refractivity contribution in [2.45, 2.75) is 40.3 Å². The van der Waals surface area contributed by atoms with E-state index in [4.69, 9.17) is 9.47 Å². The molecular weight excluding hydrogens is 332 g/mol. The summed E-state index contributed by atoms with van der Waals surface area (Å²) in [7, 11) is 0. The van der Waals surface area contributed by atoms with Crippen molar-refractivity contribution >= 4 is 11.9 Å². The number of rotatable bonds is 7. The van der Waals surface area contributed by atoms with E-state index in [0.29, 0.717) is 24.4 Å². The molecule has 0 aliphatic rings. The molecule has 6 nitrogen and oxygen atoms in total. The van der Waals surface area contributed by atoms with E-state index in [1.54, 1.807) is 19.9 Å². The lowest BCUT2D eigenvalue weighted by atomic mass is 10.1. The van der Waals surface area contributed by atoms with Gasteiger partial charge in [0.25, 0.3) is 5.91 Å². The molecule has 0 aliphatic carbocycles. The van der Waals surface area contributed by atoms with Crippen molar-refractivity contribution in [3.05, 3.63) is 58.9 Å². The van der Waals surface area contributed by atoms with Crippen LogP contribution in [0.5, 0.6) is 5.75 Å². The van der Waals surface area contributed by atoms with Crippen LogP contribution in [0.1, 0.15) is 52.9 Å². The Morgan fingerprint density at radius 2 is 1.88 bits per heavy atom. The molecule has 0 saturated carbocycles. The summed E-state index contributed by atoms with van der Waals surface area (Å²) in [6.07, 6.45) is 0.0478. The number of ether oxygens (including phenoxy) is 2. The number of aryl methyl sites for hydroxylation is 1. The van der Waals surface area contributed by atoms with Crippen molar-refractivity contribution in [1.29, 1.82) is 0 Å². The Morgan fingerprint density at radius 1 is 1.15 bits per heavy atom. The van der Waals surface area contributed by atoms with E-state index < -0.39 is 5.97 Å². The van der Waals surface area contributed by atoms with Crippen molar-refractivity contribution < 1.29 is 19.1 Å². The van der Waals surface area contributed by atoms with Gasteiger partial charge in [-0.1, -0.05) is 18.2 Å². The van der Waals surface area contributed by atoms with Gasteiger partial charge in [0.05, 0.1) is 24.0 Å². The number of hydrogen-bond donors (Lipinski definition) is 1. The third-order valence-corrected chi connectivity index (χ3v) is 3.59. The fourth-order valence-corrected chi connectivity index (χ4v) is 2.40. The second kappa shape index (κ2) is 8.99. The predicted molar refractivity (Wildman–Crippen MR) is 98.3 cm³/mol. The first kappa shape index (κ1) is 19.4. The molecule has 1 N–H and O–H groups in total. The molecule has 0 atom stereocenters. The second-order valence-electron chi connectivity index (χ2n) is 6.01. The zero-order chi connectivity index (χ0) is 19.1. The molecule has 2 aromatic rings. The molecule has 1 heterocycles. The van der Waals surface area contributed by atoms with Crippen LogP contribution in [-0.4, -0.2) is 29.6 Å². The Labute approximate surface area is 153 Å². The molecule has 1 aromatic heterocycles. The quantitative estimate of drug-likeness (QED) is 0.770. The molecule has 0 radical (unpaired) electrons. The van der Waals surface area contributed by atoms with E-state index in [-0.39, 0.29) is 17.7 Å². The number of para-hydroxylation sites is 1. The zero-order valence-corrected chi connectivity index (χ0v) is 15.5. The van der Waals surface area contributed by atoms with Gasteiger partial charge in [-0.2, -0.15) is 0 Å². The van der Waals surface area contributed by atoms with Crippen LogP contribution in [0, 0.1) is 6.92 Å². The molecule has 0 bridgehead atoms. The topological polar surface area (TPSA) is 77.5 Å². The molecule has 2 rings (SSSR count). The Morgan fingerprint density at radius 3 is 2.54 bits per heavy atom. The molecule has 0 aliphatic heterocycles. The zero-order valence-electron chi connectivity index (χ0n) is 15.5. The van der Waals surface area contributed by atoms with Gasteiger partial charge in [0.15, 0.2) is 0 Å². The van der Waals surface area contributed by atoms with Gasteiger partial charge in [0, 0.05) is 12.1 Å². The SMILES string of the molecule is CCOC(=O)c1ccc(C(=O)NCc2ccccc2OC(C)C)nc1C. The van der Waals surface area contributed by atoms with Gasteiger partial charge < -0.3 is 14.8 Å². The Bertz CT molecular complexity index is 787. The summed E-state index contributed by atoms with van der Waals surface area (Å²) < 4.78 is 10.7. The molecule has 26 heavy (non-hydrogen) atoms. The highest BCUT2D eigenvalue weighted by atomic mass is 16.5. The maximum Gasteiger partial charge on any atom is 0.339 e. The lowest BCUT2D eigenvalue weighted by Crippen LogP contribution is -2.25. The molecule has 0 unspecified atom stereocenters. The first-order valence-electron chi connectivity index (χ1n) is 8.60. The maximum absolute atomic E-state index is 12.4. The van der Waals surface area contributed by atoms with E-state index in [1.165, 1.54) is 6.07 Å². The van der Waals surface area contributed by atoms with Crippen molar-refractivity contribution in [3.8, 4) is 5.75 Å². The molecule has 0 fully saturated rings. The maximum atomic E-state index is 12.4. The lowest BCUT2D eigenvalue weighted by Gasteiger charge is -2.14. The molecule has 138 valence electrons. The van der Waals surface area contributed by atoms with Gasteiger partial charge in [0.2, 0.25) is 0 Å². The third-order valence-electron chi connectivity index (χ3n) is 3.59. The minimum Gasteiger partial charge on any atom is -0.491 e. The summed E-state index contributed by atoms with van der Waals surface area (Å²) in [6, 6.07) is 10.6. The van der Waals surface area contributed by atoms with Crippen molar-refractivity contribution in [2.24, 2.45) is 0 Å². The predicted octanol–water partition coefficient (Wildman–Crippen LogP) is 3.28. The number of hydrogen-bond acceptors (Lipinski definition) is 5. The van der Waals surface area contributed by atoms with Crippen molar-refractivity contribution in [3.63, 3.8) is 0 Å². The number of pyridine rings is 1. The number of amides is 1. The van der Waals surface area contributed by atoms with E-state index >= 15 is 0 Å². The lowest BCUT2D eigenvalue weighted by molar-refractivity contribution is 0.0524. The summed E-state index contributed by atoms with van der Waals surface area (Å²) in [5, 5.41) is 2.83. The molecule has 6 heteroatoms. The number of aromatic nitrogens is 1. The van der Waals surface area contributed by atoms with Gasteiger partial charge in [0.1, 0.15) is 11.4 Å². The van der Waals surface area contributed by atoms with Crippen LogP contribution >= 0.6 is 0 Å². The average molecular weight is 356 g/mol. The Balaban J connectivity index is 2.07. The van der Waals surface area contributed by atoms with Crippen LogP contribution < -0.4 is 10.1 Å². The normalized spacial score (nSPS) is 10.5. The van der Waals surface area contributed by atoms with Crippen LogP contribution in [0.25, 0.3) is 0 Å². The first-order valence-corrected chi connectivity index (χ1v) is 8.60. The van der Waals surface area contributed by atoms with Gasteiger partial charge in [-0.3, -0.25) is 4.79 Å². The van der Waals surface area contributed by atoms with Crippen LogP contribution in [0.15, 0.2) is 36.4 Å². The first-order chi connectivity index (χ1) is 12.4. The number of benzene rings is 1. The summed E-state index contributed by atoms with van der Waals surface area (Å²) in [5.74, 6) is -0.0170. The van der Waals surface area contributed by atoms with Crippen molar-refractivity contribution in [1.82, 2.24) is 10.3 Å². The van der Waals surface area contributed by atoms with Gasteiger partial charge >= 0.3 is 5.97 Å². The van der Waals surface area contributed by atoms with Gasteiger partial charge in [-0.15, -0.1) is 0 Å². The Hall–Kier alpha value is -2.89. The van der Waals surface area contributed by atoms with E-state index in [9.17, 15) is 9.59 Å². The monoisotopic (exact) mass is 356 g/mol. The number of carbonyl (C=O) groups is 2. The van der Waals surface area contributed by atoms with E-state index in [1.807, 2.05) is 38.1 Å². The number of nitrogens with zero attached hydrogens (tertiary/aromatic N) is 1. The fourth-order valence-electron chi connectivity index (χ4n) is 2.40. The molecule has 1 aromatic carbocycles. The van der Waals surface area contributed by atoms with Crippen LogP contribution in [0.3, 0.4) is 0 Å². The molecule has 1 amide bonds. The summed E-state index contributed by atoms with van der Waals surface area (Å²) in [6.45, 7) is 7.93. The van der Waals surface area contributed by atoms with E-state index in [2.05, 4.69) is 10.3 Å². The highest BCUT2D eigenvalue weighted by Crippen LogP contribution is 2.19. The summed E-state index contributed by atoms with van der Waals surface area (Å²) in [5.41, 5.74) is 1.95. The smallest absolute Gasteiger partial charge is 0.339 e. The third kappa shape index (κ3) is 5.05. The molecular formula is C20H24N2O4. The summed E-state index contributed by atoms with van der Waals surface area (Å²) in [4.78, 5) is 28.4. The second-order valence-corrected chi connectivity index (χ2v) is 6.01. The van der Waals surface area contributed by atoms with Gasteiger partial charge in [-0.25, -0.2) is 9.78 Å². The standard InChI is InChI=1S/C20H24N2O4/c1-5-25-20(24)16-10-11-17(22-14(16)4)19(23)21-12-15-8-6-7-9-18(15)26-13(2)3/h6-11,13H,5,12H2,1-4H3,(H,21,23). The van der Waals surface area contributed by atoms with Crippen LogP contribution in [-0.2, 0) is 11.3 Å². The minimum absolute atomic E-state index is 0.0478. The number of nitrogens with one attached hydrogen (secondary N) is 1. The average Bonchev–Trinajstić information content (AvgIpc) is 2.60. The van der Waals surface area contributed by atoms with Gasteiger partial charge in [-0.05, 0) is 45.9 Å². The highest BCUT2D eigenvalue weighted by molar-refractivity contribution is 5.95. The van der Waals surface area contributed by atoms with Crippen LogP contribution in [0.2, 0.25) is 0 Å². The minimum atomic E-state index is -0.441.